The highest BCUT2D eigenvalue weighted by atomic mass is 35.5. The van der Waals surface area contributed by atoms with E-state index in [-0.39, 0.29) is 24.4 Å². The third-order valence-corrected chi connectivity index (χ3v) is 3.02. The highest BCUT2D eigenvalue weighted by molar-refractivity contribution is 5.94. The number of carbonyl (C=O) groups excluding carboxylic acids is 1. The minimum atomic E-state index is 0. The van der Waals surface area contributed by atoms with Crippen LogP contribution >= 0.6 is 12.4 Å². The molecule has 2 heterocycles. The van der Waals surface area contributed by atoms with Gasteiger partial charge in [0, 0.05) is 12.6 Å². The zero-order valence-corrected chi connectivity index (χ0v) is 10.1. The summed E-state index contributed by atoms with van der Waals surface area (Å²) in [7, 11) is 0. The molecule has 2 N–H and O–H groups in total. The summed E-state index contributed by atoms with van der Waals surface area (Å²) < 4.78 is 4.91. The van der Waals surface area contributed by atoms with Gasteiger partial charge >= 0.3 is 0 Å². The van der Waals surface area contributed by atoms with Gasteiger partial charge in [0.15, 0.2) is 0 Å². The maximum atomic E-state index is 12.0. The molecule has 2 rings (SSSR count). The van der Waals surface area contributed by atoms with E-state index >= 15 is 0 Å². The standard InChI is InChI=1S/C11H16N2O2.ClH/c1-8-4-9(5-12)6-13(8)11(14)10-2-3-15-7-10;/h2-3,7-9H,4-6,12H2,1H3;1H. The molecule has 5 heteroatoms. The maximum absolute atomic E-state index is 12.0. The molecule has 1 aliphatic rings. The van der Waals surface area contributed by atoms with Crippen molar-refractivity contribution in [2.45, 2.75) is 19.4 Å². The van der Waals surface area contributed by atoms with Crippen molar-refractivity contribution in [1.29, 1.82) is 0 Å². The minimum absolute atomic E-state index is 0. The number of halogens is 1. The molecule has 0 spiro atoms. The lowest BCUT2D eigenvalue weighted by Crippen LogP contribution is -2.34. The molecule has 1 saturated heterocycles. The average Bonchev–Trinajstić information content (AvgIpc) is 2.85. The lowest BCUT2D eigenvalue weighted by atomic mass is 10.1. The van der Waals surface area contributed by atoms with Gasteiger partial charge in [-0.3, -0.25) is 4.79 Å². The predicted octanol–water partition coefficient (Wildman–Crippen LogP) is 1.51. The molecule has 0 bridgehead atoms. The minimum Gasteiger partial charge on any atom is -0.472 e. The first kappa shape index (κ1) is 13.1. The number of nitrogens with zero attached hydrogens (tertiary/aromatic N) is 1. The van der Waals surface area contributed by atoms with Crippen LogP contribution < -0.4 is 5.73 Å². The largest absolute Gasteiger partial charge is 0.472 e. The summed E-state index contributed by atoms with van der Waals surface area (Å²) in [6.45, 7) is 3.48. The second-order valence-corrected chi connectivity index (χ2v) is 4.16. The van der Waals surface area contributed by atoms with Crippen LogP contribution in [0.15, 0.2) is 23.0 Å². The molecule has 1 fully saturated rings. The van der Waals surface area contributed by atoms with Crippen LogP contribution in [-0.4, -0.2) is 29.9 Å². The van der Waals surface area contributed by atoms with Crippen LogP contribution in [0.1, 0.15) is 23.7 Å². The molecule has 4 nitrogen and oxygen atoms in total. The topological polar surface area (TPSA) is 59.5 Å². The van der Waals surface area contributed by atoms with E-state index in [2.05, 4.69) is 6.92 Å². The zero-order valence-electron chi connectivity index (χ0n) is 9.26. The Balaban J connectivity index is 0.00000128. The van der Waals surface area contributed by atoms with Crippen LogP contribution in [0.2, 0.25) is 0 Å². The third-order valence-electron chi connectivity index (χ3n) is 3.02. The molecule has 1 aliphatic heterocycles. The Morgan fingerprint density at radius 3 is 2.94 bits per heavy atom. The third kappa shape index (κ3) is 2.39. The normalized spacial score (nSPS) is 24.2. The number of rotatable bonds is 2. The maximum Gasteiger partial charge on any atom is 0.257 e. The van der Waals surface area contributed by atoms with E-state index in [0.717, 1.165) is 13.0 Å². The van der Waals surface area contributed by atoms with E-state index in [9.17, 15) is 4.79 Å². The van der Waals surface area contributed by atoms with Crippen molar-refractivity contribution in [2.24, 2.45) is 11.7 Å². The summed E-state index contributed by atoms with van der Waals surface area (Å²) in [5.41, 5.74) is 6.25. The molecule has 2 atom stereocenters. The van der Waals surface area contributed by atoms with Crippen molar-refractivity contribution < 1.29 is 9.21 Å². The van der Waals surface area contributed by atoms with Crippen molar-refractivity contribution in [2.75, 3.05) is 13.1 Å². The second-order valence-electron chi connectivity index (χ2n) is 4.16. The molecule has 0 aliphatic carbocycles. The van der Waals surface area contributed by atoms with Gasteiger partial charge in [0.25, 0.3) is 5.91 Å². The first-order valence-electron chi connectivity index (χ1n) is 5.25. The van der Waals surface area contributed by atoms with E-state index in [0.29, 0.717) is 18.0 Å². The van der Waals surface area contributed by atoms with E-state index in [1.165, 1.54) is 12.5 Å². The van der Waals surface area contributed by atoms with Crippen LogP contribution in [0, 0.1) is 5.92 Å². The summed E-state index contributed by atoms with van der Waals surface area (Å²) in [6.07, 6.45) is 4.01. The number of likely N-dealkylation sites (tertiary alicyclic amines) is 1. The van der Waals surface area contributed by atoms with Gasteiger partial charge in [0.05, 0.1) is 11.8 Å². The molecular formula is C11H17ClN2O2. The summed E-state index contributed by atoms with van der Waals surface area (Å²) >= 11 is 0. The molecule has 2 unspecified atom stereocenters. The van der Waals surface area contributed by atoms with E-state index in [4.69, 9.17) is 10.2 Å². The quantitative estimate of drug-likeness (QED) is 0.858. The molecule has 0 aromatic carbocycles. The lowest BCUT2D eigenvalue weighted by molar-refractivity contribution is 0.0742. The Bertz CT molecular complexity index is 340. The predicted molar refractivity (Wildman–Crippen MR) is 63.6 cm³/mol. The smallest absolute Gasteiger partial charge is 0.257 e. The molecule has 0 radical (unpaired) electrons. The Labute approximate surface area is 101 Å². The SMILES string of the molecule is CC1CC(CN)CN1C(=O)c1ccoc1.Cl. The van der Waals surface area contributed by atoms with Crippen molar-refractivity contribution in [3.05, 3.63) is 24.2 Å². The molecule has 1 aromatic heterocycles. The van der Waals surface area contributed by atoms with Gasteiger partial charge in [-0.25, -0.2) is 0 Å². The van der Waals surface area contributed by atoms with Crippen LogP contribution in [0.25, 0.3) is 0 Å². The fourth-order valence-electron chi connectivity index (χ4n) is 2.15. The second kappa shape index (κ2) is 5.37. The fraction of sp³-hybridized carbons (Fsp3) is 0.545. The van der Waals surface area contributed by atoms with Crippen molar-refractivity contribution in [3.63, 3.8) is 0 Å². The van der Waals surface area contributed by atoms with Crippen molar-refractivity contribution in [1.82, 2.24) is 4.90 Å². The lowest BCUT2D eigenvalue weighted by Gasteiger charge is -2.20. The number of hydrogen-bond acceptors (Lipinski definition) is 3. The van der Waals surface area contributed by atoms with Gasteiger partial charge in [-0.05, 0) is 31.9 Å². The molecule has 1 aromatic rings. The van der Waals surface area contributed by atoms with E-state index in [1.54, 1.807) is 6.07 Å². The fourth-order valence-corrected chi connectivity index (χ4v) is 2.15. The zero-order chi connectivity index (χ0) is 10.8. The Kier molecular flexibility index (Phi) is 4.38. The van der Waals surface area contributed by atoms with Crippen LogP contribution in [0.4, 0.5) is 0 Å². The van der Waals surface area contributed by atoms with Gasteiger partial charge in [0.2, 0.25) is 0 Å². The van der Waals surface area contributed by atoms with Gasteiger partial charge in [-0.15, -0.1) is 12.4 Å². The monoisotopic (exact) mass is 244 g/mol. The number of carbonyl (C=O) groups is 1. The summed E-state index contributed by atoms with van der Waals surface area (Å²) in [6, 6.07) is 1.98. The number of hydrogen-bond donors (Lipinski definition) is 1. The number of furan rings is 1. The summed E-state index contributed by atoms with van der Waals surface area (Å²) in [5, 5.41) is 0. The van der Waals surface area contributed by atoms with Gasteiger partial charge in [0.1, 0.15) is 6.26 Å². The summed E-state index contributed by atoms with van der Waals surface area (Å²) in [4.78, 5) is 13.9. The van der Waals surface area contributed by atoms with E-state index in [1.807, 2.05) is 4.90 Å². The van der Waals surface area contributed by atoms with Gasteiger partial charge in [-0.2, -0.15) is 0 Å². The molecule has 90 valence electrons. The van der Waals surface area contributed by atoms with Crippen LogP contribution in [-0.2, 0) is 0 Å². The van der Waals surface area contributed by atoms with E-state index < -0.39 is 0 Å². The van der Waals surface area contributed by atoms with Gasteiger partial charge < -0.3 is 15.1 Å². The number of nitrogens with two attached hydrogens (primary N) is 1. The average molecular weight is 245 g/mol. The van der Waals surface area contributed by atoms with Crippen molar-refractivity contribution in [3.8, 4) is 0 Å². The Morgan fingerprint density at radius 2 is 2.44 bits per heavy atom. The highest BCUT2D eigenvalue weighted by Crippen LogP contribution is 2.24. The molecular weight excluding hydrogens is 228 g/mol. The van der Waals surface area contributed by atoms with Gasteiger partial charge in [-0.1, -0.05) is 0 Å². The summed E-state index contributed by atoms with van der Waals surface area (Å²) in [5.74, 6) is 0.489. The molecule has 0 saturated carbocycles. The Hall–Kier alpha value is -1.00. The highest BCUT2D eigenvalue weighted by Gasteiger charge is 2.32. The number of amides is 1. The molecule has 16 heavy (non-hydrogen) atoms. The molecule has 1 amide bonds. The van der Waals surface area contributed by atoms with Crippen LogP contribution in [0.3, 0.4) is 0 Å². The Morgan fingerprint density at radius 1 is 1.69 bits per heavy atom. The van der Waals surface area contributed by atoms with Crippen LogP contribution in [0.5, 0.6) is 0 Å². The first-order valence-corrected chi connectivity index (χ1v) is 5.25. The first-order chi connectivity index (χ1) is 7.22. The van der Waals surface area contributed by atoms with Crippen molar-refractivity contribution >= 4 is 18.3 Å².